The summed E-state index contributed by atoms with van der Waals surface area (Å²) in [4.78, 5) is 27.5. The van der Waals surface area contributed by atoms with Gasteiger partial charge in [0, 0.05) is 6.04 Å². The van der Waals surface area contributed by atoms with Crippen LogP contribution in [0.5, 0.6) is 0 Å². The van der Waals surface area contributed by atoms with Gasteiger partial charge in [0.15, 0.2) is 23.2 Å². The maximum atomic E-state index is 10.4. The first-order valence-electron chi connectivity index (χ1n) is 9.27. The second-order valence-corrected chi connectivity index (χ2v) is 7.09. The van der Waals surface area contributed by atoms with Crippen molar-refractivity contribution in [1.82, 2.24) is 19.5 Å². The number of anilines is 1. The molecule has 2 aromatic heterocycles. The van der Waals surface area contributed by atoms with Gasteiger partial charge < -0.3 is 25.1 Å². The number of nitrogens with zero attached hydrogens (tertiary/aromatic N) is 5. The number of aliphatic hydroxyl groups excluding tert-OH is 2. The van der Waals surface area contributed by atoms with Crippen molar-refractivity contribution in [3.63, 3.8) is 0 Å². The normalized spacial score (nSPS) is 28.5. The summed E-state index contributed by atoms with van der Waals surface area (Å²) in [5.41, 5.74) is 0.962. The summed E-state index contributed by atoms with van der Waals surface area (Å²) in [5, 5.41) is 33.3. The van der Waals surface area contributed by atoms with Crippen LogP contribution in [-0.4, -0.2) is 65.8 Å². The molecule has 28 heavy (non-hydrogen) atoms. The monoisotopic (exact) mass is 394 g/mol. The Morgan fingerprint density at radius 2 is 2.04 bits per heavy atom. The van der Waals surface area contributed by atoms with Crippen LogP contribution in [0.15, 0.2) is 12.7 Å². The lowest BCUT2D eigenvalue weighted by Crippen LogP contribution is -2.34. The van der Waals surface area contributed by atoms with Crippen LogP contribution in [0.1, 0.15) is 38.3 Å². The van der Waals surface area contributed by atoms with Crippen LogP contribution in [0.25, 0.3) is 11.2 Å². The van der Waals surface area contributed by atoms with Gasteiger partial charge in [-0.3, -0.25) is 4.57 Å². The van der Waals surface area contributed by atoms with Crippen molar-refractivity contribution in [2.24, 2.45) is 0 Å². The van der Waals surface area contributed by atoms with Crippen LogP contribution < -0.4 is 5.32 Å². The third-order valence-corrected chi connectivity index (χ3v) is 5.26. The van der Waals surface area contributed by atoms with Crippen LogP contribution in [0.2, 0.25) is 0 Å². The number of nitrogens with one attached hydrogen (secondary N) is 1. The Hall–Kier alpha value is -2.57. The number of fused-ring (bicyclic) bond motifs is 1. The van der Waals surface area contributed by atoms with Crippen molar-refractivity contribution < 1.29 is 24.9 Å². The highest BCUT2D eigenvalue weighted by molar-refractivity contribution is 5.82. The van der Waals surface area contributed by atoms with Gasteiger partial charge in [-0.05, 0) is 12.8 Å². The van der Waals surface area contributed by atoms with E-state index >= 15 is 0 Å². The fourth-order valence-corrected chi connectivity index (χ4v) is 3.82. The summed E-state index contributed by atoms with van der Waals surface area (Å²) in [6.07, 6.45) is 3.87. The molecule has 3 N–H and O–H groups in total. The molecule has 1 aliphatic heterocycles. The molecule has 1 saturated carbocycles. The van der Waals surface area contributed by atoms with E-state index in [4.69, 9.17) is 4.74 Å². The number of aliphatic hydroxyl groups is 2. The third kappa shape index (κ3) is 3.57. The van der Waals surface area contributed by atoms with E-state index in [-0.39, 0.29) is 0 Å². The van der Waals surface area contributed by atoms with E-state index in [1.165, 1.54) is 36.5 Å². The van der Waals surface area contributed by atoms with Gasteiger partial charge in [0.25, 0.3) is 5.09 Å². The largest absolute Gasteiger partial charge is 0.387 e. The molecule has 152 valence electrons. The second-order valence-electron chi connectivity index (χ2n) is 7.09. The Bertz CT molecular complexity index is 840. The molecule has 0 spiro atoms. The van der Waals surface area contributed by atoms with Crippen molar-refractivity contribution in [2.45, 2.75) is 62.7 Å². The average molecular weight is 394 g/mol. The predicted molar refractivity (Wildman–Crippen MR) is 94.7 cm³/mol. The topological polar surface area (TPSA) is 158 Å². The maximum Gasteiger partial charge on any atom is 0.294 e. The molecule has 4 atom stereocenters. The van der Waals surface area contributed by atoms with Crippen molar-refractivity contribution >= 4 is 17.0 Å². The fourth-order valence-electron chi connectivity index (χ4n) is 3.82. The Labute approximate surface area is 159 Å². The molecule has 0 radical (unpaired) electrons. The van der Waals surface area contributed by atoms with Gasteiger partial charge in [0.1, 0.15) is 31.2 Å². The molecule has 0 unspecified atom stereocenters. The highest BCUT2D eigenvalue weighted by Gasteiger charge is 2.44. The van der Waals surface area contributed by atoms with Crippen molar-refractivity contribution in [3.8, 4) is 0 Å². The zero-order valence-corrected chi connectivity index (χ0v) is 15.0. The van der Waals surface area contributed by atoms with Crippen LogP contribution in [0.4, 0.5) is 5.82 Å². The maximum absolute atomic E-state index is 10.4. The third-order valence-electron chi connectivity index (χ3n) is 5.26. The highest BCUT2D eigenvalue weighted by atomic mass is 17.0. The molecule has 2 fully saturated rings. The Morgan fingerprint density at radius 1 is 1.25 bits per heavy atom. The molecule has 0 amide bonds. The van der Waals surface area contributed by atoms with Gasteiger partial charge in [-0.15, -0.1) is 10.1 Å². The first-order valence-corrected chi connectivity index (χ1v) is 9.27. The molecule has 12 nitrogen and oxygen atoms in total. The van der Waals surface area contributed by atoms with Gasteiger partial charge in [-0.25, -0.2) is 15.0 Å². The van der Waals surface area contributed by atoms with E-state index in [0.29, 0.717) is 23.0 Å². The molecule has 2 aromatic rings. The number of ether oxygens (including phenoxy) is 1. The van der Waals surface area contributed by atoms with E-state index in [2.05, 4.69) is 25.1 Å². The van der Waals surface area contributed by atoms with E-state index in [1.807, 2.05) is 0 Å². The Morgan fingerprint density at radius 3 is 2.79 bits per heavy atom. The lowest BCUT2D eigenvalue weighted by atomic mass is 9.95. The van der Waals surface area contributed by atoms with Gasteiger partial charge in [0.05, 0.1) is 6.33 Å². The molecule has 1 aliphatic carbocycles. The van der Waals surface area contributed by atoms with Crippen molar-refractivity contribution in [1.29, 1.82) is 0 Å². The first-order chi connectivity index (χ1) is 13.5. The second kappa shape index (κ2) is 7.81. The predicted octanol–water partition coefficient (Wildman–Crippen LogP) is 0.398. The lowest BCUT2D eigenvalue weighted by molar-refractivity contribution is -0.759. The summed E-state index contributed by atoms with van der Waals surface area (Å²) in [6.45, 7) is -0.488. The van der Waals surface area contributed by atoms with E-state index in [0.717, 1.165) is 12.8 Å². The van der Waals surface area contributed by atoms with Gasteiger partial charge in [-0.1, -0.05) is 19.3 Å². The zero-order valence-electron chi connectivity index (χ0n) is 15.0. The first kappa shape index (κ1) is 18.8. The van der Waals surface area contributed by atoms with Crippen LogP contribution in [0.3, 0.4) is 0 Å². The Balaban J connectivity index is 1.56. The Kier molecular flexibility index (Phi) is 5.24. The van der Waals surface area contributed by atoms with Gasteiger partial charge in [-0.2, -0.15) is 0 Å². The molecular formula is C16H22N6O6. The summed E-state index contributed by atoms with van der Waals surface area (Å²) < 4.78 is 7.08. The van der Waals surface area contributed by atoms with E-state index in [1.54, 1.807) is 0 Å². The molecule has 12 heteroatoms. The SMILES string of the molecule is O=[N+]([O-])OC[C@H]1O[C@@H](n2cnc3c(NC4CCCCC4)ncnc32)[C@H](O)[C@@H]1O. The average Bonchev–Trinajstić information content (AvgIpc) is 3.24. The van der Waals surface area contributed by atoms with E-state index < -0.39 is 36.2 Å². The summed E-state index contributed by atoms with van der Waals surface area (Å²) in [6, 6.07) is 0.329. The number of hydrogen-bond acceptors (Lipinski definition) is 10. The van der Waals surface area contributed by atoms with Crippen LogP contribution in [0, 0.1) is 10.1 Å². The molecule has 1 saturated heterocycles. The minimum Gasteiger partial charge on any atom is -0.387 e. The number of imidazole rings is 1. The smallest absolute Gasteiger partial charge is 0.294 e. The van der Waals surface area contributed by atoms with Crippen LogP contribution >= 0.6 is 0 Å². The highest BCUT2D eigenvalue weighted by Crippen LogP contribution is 2.33. The van der Waals surface area contributed by atoms with Crippen molar-refractivity contribution in [3.05, 3.63) is 22.8 Å². The summed E-state index contributed by atoms with van der Waals surface area (Å²) in [5.74, 6) is 0.608. The van der Waals surface area contributed by atoms with Crippen LogP contribution in [-0.2, 0) is 9.57 Å². The molecular weight excluding hydrogens is 372 g/mol. The minimum absolute atomic E-state index is 0.329. The summed E-state index contributed by atoms with van der Waals surface area (Å²) >= 11 is 0. The lowest BCUT2D eigenvalue weighted by Gasteiger charge is -2.23. The number of aromatic nitrogens is 4. The quantitative estimate of drug-likeness (QED) is 0.462. The van der Waals surface area contributed by atoms with Gasteiger partial charge in [0.2, 0.25) is 0 Å². The van der Waals surface area contributed by atoms with Crippen molar-refractivity contribution in [2.75, 3.05) is 11.9 Å². The number of hydrogen-bond donors (Lipinski definition) is 3. The molecule has 0 bridgehead atoms. The molecule has 4 rings (SSSR count). The fraction of sp³-hybridized carbons (Fsp3) is 0.688. The molecule has 3 heterocycles. The minimum atomic E-state index is -1.34. The standard InChI is InChI=1S/C16H22N6O6/c23-12-10(6-27-22(25)26)28-16(13(12)24)21-8-19-11-14(17-7-18-15(11)21)20-9-4-2-1-3-5-9/h7-10,12-13,16,23-24H,1-6H2,(H,17,18,20)/t10-,12-,13-,16-/m1/s1. The van der Waals surface area contributed by atoms with Gasteiger partial charge >= 0.3 is 0 Å². The molecule has 2 aliphatic rings. The summed E-state index contributed by atoms with van der Waals surface area (Å²) in [7, 11) is 0. The molecule has 0 aromatic carbocycles. The number of rotatable bonds is 6. The zero-order chi connectivity index (χ0) is 19.7. The van der Waals surface area contributed by atoms with E-state index in [9.17, 15) is 20.3 Å².